The van der Waals surface area contributed by atoms with Crippen LogP contribution in [0.4, 0.5) is 0 Å². The number of fused-ring (bicyclic) bond motifs is 1. The largest absolute Gasteiger partial charge is 0.493 e. The van der Waals surface area contributed by atoms with Gasteiger partial charge in [-0.15, -0.1) is 0 Å². The molecule has 1 unspecified atom stereocenters. The Morgan fingerprint density at radius 3 is 2.62 bits per heavy atom. The molecule has 0 radical (unpaired) electrons. The van der Waals surface area contributed by atoms with Crippen LogP contribution >= 0.6 is 34.5 Å². The lowest BCUT2D eigenvalue weighted by Crippen LogP contribution is -2.40. The van der Waals surface area contributed by atoms with Crippen LogP contribution in [0.5, 0.6) is 11.5 Å². The van der Waals surface area contributed by atoms with Crippen molar-refractivity contribution in [1.29, 1.82) is 0 Å². The maximum Gasteiger partial charge on any atom is 0.338 e. The van der Waals surface area contributed by atoms with E-state index in [4.69, 9.17) is 37.4 Å². The number of carbonyl (C=O) groups is 1. The number of thiazole rings is 1. The van der Waals surface area contributed by atoms with Gasteiger partial charge in [-0.25, -0.2) is 9.79 Å². The zero-order chi connectivity index (χ0) is 28.3. The van der Waals surface area contributed by atoms with Gasteiger partial charge in [0.05, 0.1) is 42.2 Å². The molecule has 1 aliphatic heterocycles. The Labute approximate surface area is 241 Å². The summed E-state index contributed by atoms with van der Waals surface area (Å²) in [6.45, 7) is 8.47. The van der Waals surface area contributed by atoms with Crippen molar-refractivity contribution < 1.29 is 19.0 Å². The lowest BCUT2D eigenvalue weighted by atomic mass is 9.95. The van der Waals surface area contributed by atoms with E-state index in [1.54, 1.807) is 57.4 Å². The third-order valence-electron chi connectivity index (χ3n) is 6.22. The van der Waals surface area contributed by atoms with Crippen molar-refractivity contribution in [3.05, 3.63) is 88.5 Å². The van der Waals surface area contributed by atoms with Crippen LogP contribution in [-0.2, 0) is 9.53 Å². The van der Waals surface area contributed by atoms with E-state index >= 15 is 0 Å². The van der Waals surface area contributed by atoms with Gasteiger partial charge in [-0.2, -0.15) is 0 Å². The standard InChI is InChI=1S/C29H30Cl2N2O5S/c1-6-37-28(35)25-17(4)32-29-33(27(34)24(39-29)14-18-7-9-20(30)15-21(18)31)26(25)19-8-10-22(23(13-19)36-5)38-12-11-16(2)3/h7-10,13-16,26H,6,11-12H2,1-5H3. The third-order valence-corrected chi connectivity index (χ3v) is 7.77. The fraction of sp³-hybridized carbons (Fsp3) is 0.345. The summed E-state index contributed by atoms with van der Waals surface area (Å²) in [5.41, 5.74) is 1.77. The van der Waals surface area contributed by atoms with Crippen molar-refractivity contribution in [3.63, 3.8) is 0 Å². The van der Waals surface area contributed by atoms with Crippen molar-refractivity contribution in [2.45, 2.75) is 40.2 Å². The first-order chi connectivity index (χ1) is 18.6. The number of allylic oxidation sites excluding steroid dienone is 1. The molecule has 206 valence electrons. The van der Waals surface area contributed by atoms with E-state index in [2.05, 4.69) is 18.8 Å². The molecular formula is C29H30Cl2N2O5S. The fourth-order valence-corrected chi connectivity index (χ4v) is 5.75. The van der Waals surface area contributed by atoms with Crippen LogP contribution in [0.15, 0.2) is 57.5 Å². The lowest BCUT2D eigenvalue weighted by molar-refractivity contribution is -0.139. The summed E-state index contributed by atoms with van der Waals surface area (Å²) in [4.78, 5) is 32.1. The second kappa shape index (κ2) is 12.4. The first-order valence-electron chi connectivity index (χ1n) is 12.6. The molecule has 1 aliphatic rings. The summed E-state index contributed by atoms with van der Waals surface area (Å²) in [5, 5.41) is 0.921. The van der Waals surface area contributed by atoms with Crippen LogP contribution in [0.2, 0.25) is 10.0 Å². The zero-order valence-corrected chi connectivity index (χ0v) is 24.7. The van der Waals surface area contributed by atoms with E-state index in [1.165, 1.54) is 15.9 Å². The number of carbonyl (C=O) groups excluding carboxylic acids is 1. The van der Waals surface area contributed by atoms with Crippen molar-refractivity contribution >= 4 is 46.6 Å². The number of methoxy groups -OCH3 is 1. The molecule has 10 heteroatoms. The Hall–Kier alpha value is -3.07. The Morgan fingerprint density at radius 2 is 1.95 bits per heavy atom. The molecule has 0 fully saturated rings. The number of hydrogen-bond donors (Lipinski definition) is 0. The van der Waals surface area contributed by atoms with E-state index in [0.717, 1.165) is 6.42 Å². The number of nitrogens with zero attached hydrogens (tertiary/aromatic N) is 2. The molecule has 0 spiro atoms. The second-order valence-corrected chi connectivity index (χ2v) is 11.3. The van der Waals surface area contributed by atoms with Gasteiger partial charge in [0, 0.05) is 10.0 Å². The van der Waals surface area contributed by atoms with Crippen molar-refractivity contribution in [1.82, 2.24) is 4.57 Å². The molecule has 3 aromatic rings. The third kappa shape index (κ3) is 6.24. The van der Waals surface area contributed by atoms with E-state index in [1.807, 2.05) is 6.07 Å². The van der Waals surface area contributed by atoms with Gasteiger partial charge in [-0.3, -0.25) is 9.36 Å². The van der Waals surface area contributed by atoms with Gasteiger partial charge in [-0.1, -0.05) is 60.5 Å². The molecule has 2 aromatic carbocycles. The monoisotopic (exact) mass is 588 g/mol. The van der Waals surface area contributed by atoms with Gasteiger partial charge in [0.25, 0.3) is 5.56 Å². The molecule has 2 heterocycles. The van der Waals surface area contributed by atoms with Gasteiger partial charge in [0.15, 0.2) is 16.3 Å². The number of esters is 1. The van der Waals surface area contributed by atoms with Gasteiger partial charge in [0.1, 0.15) is 0 Å². The van der Waals surface area contributed by atoms with Crippen LogP contribution in [0.25, 0.3) is 6.08 Å². The Morgan fingerprint density at radius 1 is 1.18 bits per heavy atom. The average molecular weight is 590 g/mol. The quantitative estimate of drug-likeness (QED) is 0.307. The smallest absolute Gasteiger partial charge is 0.338 e. The van der Waals surface area contributed by atoms with Crippen LogP contribution in [-0.4, -0.2) is 30.9 Å². The van der Waals surface area contributed by atoms with Gasteiger partial charge in [-0.05, 0) is 67.7 Å². The van der Waals surface area contributed by atoms with Gasteiger partial charge >= 0.3 is 5.97 Å². The predicted octanol–water partition coefficient (Wildman–Crippen LogP) is 5.54. The molecule has 0 saturated carbocycles. The zero-order valence-electron chi connectivity index (χ0n) is 22.4. The maximum absolute atomic E-state index is 13.8. The summed E-state index contributed by atoms with van der Waals surface area (Å²) < 4.78 is 18.9. The van der Waals surface area contributed by atoms with Crippen LogP contribution in [0, 0.1) is 5.92 Å². The average Bonchev–Trinajstić information content (AvgIpc) is 3.19. The number of benzene rings is 2. The number of aromatic nitrogens is 1. The highest BCUT2D eigenvalue weighted by atomic mass is 35.5. The van der Waals surface area contributed by atoms with Gasteiger partial charge in [0.2, 0.25) is 0 Å². The van der Waals surface area contributed by atoms with E-state index in [0.29, 0.717) is 60.2 Å². The van der Waals surface area contributed by atoms with E-state index in [9.17, 15) is 9.59 Å². The van der Waals surface area contributed by atoms with Crippen molar-refractivity contribution in [2.75, 3.05) is 20.3 Å². The molecule has 0 saturated heterocycles. The van der Waals surface area contributed by atoms with Crippen molar-refractivity contribution in [2.24, 2.45) is 10.9 Å². The predicted molar refractivity (Wildman–Crippen MR) is 155 cm³/mol. The summed E-state index contributed by atoms with van der Waals surface area (Å²) in [7, 11) is 1.56. The lowest BCUT2D eigenvalue weighted by Gasteiger charge is -2.25. The van der Waals surface area contributed by atoms with Crippen LogP contribution in [0.1, 0.15) is 51.3 Å². The second-order valence-electron chi connectivity index (χ2n) is 9.41. The Balaban J connectivity index is 1.88. The van der Waals surface area contributed by atoms with E-state index < -0.39 is 12.0 Å². The molecule has 39 heavy (non-hydrogen) atoms. The minimum absolute atomic E-state index is 0.188. The number of halogens is 2. The molecule has 0 amide bonds. The molecule has 4 rings (SSSR count). The first kappa shape index (κ1) is 28.9. The minimum Gasteiger partial charge on any atom is -0.493 e. The summed E-state index contributed by atoms with van der Waals surface area (Å²) in [5.74, 6) is 1.06. The van der Waals surface area contributed by atoms with Crippen molar-refractivity contribution in [3.8, 4) is 11.5 Å². The highest BCUT2D eigenvalue weighted by Gasteiger charge is 2.34. The topological polar surface area (TPSA) is 79.1 Å². The molecule has 0 aliphatic carbocycles. The highest BCUT2D eigenvalue weighted by molar-refractivity contribution is 7.07. The Bertz CT molecular complexity index is 1610. The number of rotatable bonds is 9. The first-order valence-corrected chi connectivity index (χ1v) is 14.2. The highest BCUT2D eigenvalue weighted by Crippen LogP contribution is 2.36. The molecule has 1 aromatic heterocycles. The van der Waals surface area contributed by atoms with E-state index in [-0.39, 0.29) is 17.7 Å². The normalized spacial score (nSPS) is 15.3. The van der Waals surface area contributed by atoms with Crippen LogP contribution < -0.4 is 24.4 Å². The number of hydrogen-bond acceptors (Lipinski definition) is 7. The summed E-state index contributed by atoms with van der Waals surface area (Å²) >= 11 is 13.6. The van der Waals surface area contributed by atoms with Gasteiger partial charge < -0.3 is 14.2 Å². The maximum atomic E-state index is 13.8. The molecule has 7 nitrogen and oxygen atoms in total. The molecule has 0 N–H and O–H groups in total. The van der Waals surface area contributed by atoms with Crippen LogP contribution in [0.3, 0.4) is 0 Å². The number of ether oxygens (including phenoxy) is 3. The minimum atomic E-state index is -0.776. The molecule has 1 atom stereocenters. The fourth-order valence-electron chi connectivity index (χ4n) is 4.24. The summed E-state index contributed by atoms with van der Waals surface area (Å²) in [6.07, 6.45) is 2.60. The molecular weight excluding hydrogens is 559 g/mol. The Kier molecular flexibility index (Phi) is 9.20. The molecule has 0 bridgehead atoms. The summed E-state index contributed by atoms with van der Waals surface area (Å²) in [6, 6.07) is 9.73. The SMILES string of the molecule is CCOC(=O)C1=C(C)N=c2sc(=Cc3ccc(Cl)cc3Cl)c(=O)n2C1c1ccc(OCCC(C)C)c(OC)c1.